The zero-order chi connectivity index (χ0) is 15.9. The summed E-state index contributed by atoms with van der Waals surface area (Å²) in [4.78, 5) is 23.2. The predicted molar refractivity (Wildman–Crippen MR) is 86.5 cm³/mol. The number of rotatable bonds is 8. The van der Waals surface area contributed by atoms with Crippen LogP contribution in [-0.2, 0) is 4.79 Å². The predicted octanol–water partition coefficient (Wildman–Crippen LogP) is 3.68. The molecule has 1 aliphatic heterocycles. The topological polar surface area (TPSA) is 64.6 Å². The van der Waals surface area contributed by atoms with Crippen molar-refractivity contribution in [3.8, 4) is 11.5 Å². The molecule has 1 aromatic carbocycles. The molecule has 0 aliphatic carbocycles. The largest absolute Gasteiger partial charge is 0.493 e. The smallest absolute Gasteiger partial charge is 0.286 e. The lowest BCUT2D eigenvalue weighted by atomic mass is 10.1. The summed E-state index contributed by atoms with van der Waals surface area (Å²) in [5.74, 6) is 1.02. The number of amides is 2. The van der Waals surface area contributed by atoms with Crippen molar-refractivity contribution < 1.29 is 19.1 Å². The molecule has 5 nitrogen and oxygen atoms in total. The Bertz CT molecular complexity index is 547. The number of ether oxygens (including phenoxy) is 2. The molecule has 1 saturated heterocycles. The molecule has 0 bridgehead atoms. The maximum Gasteiger partial charge on any atom is 0.286 e. The Morgan fingerprint density at radius 2 is 2.00 bits per heavy atom. The molecule has 0 aromatic heterocycles. The molecule has 6 heteroatoms. The van der Waals surface area contributed by atoms with Crippen LogP contribution in [0.2, 0.25) is 0 Å². The molecule has 1 aliphatic rings. The highest BCUT2D eigenvalue weighted by molar-refractivity contribution is 8.15. The number of thioether (sulfide) groups is 1. The molecule has 0 spiro atoms. The molecular weight excluding hydrogens is 302 g/mol. The fourth-order valence-electron chi connectivity index (χ4n) is 2.20. The van der Waals surface area contributed by atoms with Crippen molar-refractivity contribution in [1.82, 2.24) is 5.32 Å². The Morgan fingerprint density at radius 1 is 1.18 bits per heavy atom. The third-order valence-electron chi connectivity index (χ3n) is 3.27. The summed E-state index contributed by atoms with van der Waals surface area (Å²) < 4.78 is 11.3. The third kappa shape index (κ3) is 4.16. The lowest BCUT2D eigenvalue weighted by Gasteiger charge is -2.15. The van der Waals surface area contributed by atoms with Crippen LogP contribution in [0.1, 0.15) is 43.9 Å². The van der Waals surface area contributed by atoms with E-state index in [0.717, 1.165) is 36.8 Å². The number of nitrogens with one attached hydrogen (secondary N) is 1. The third-order valence-corrected chi connectivity index (χ3v) is 4.29. The molecule has 1 aromatic rings. The molecule has 1 heterocycles. The minimum absolute atomic E-state index is 0.299. The van der Waals surface area contributed by atoms with Crippen LogP contribution in [0.5, 0.6) is 11.5 Å². The molecule has 1 fully saturated rings. The van der Waals surface area contributed by atoms with Crippen LogP contribution in [0.15, 0.2) is 18.2 Å². The molecular formula is C16H21NO4S. The monoisotopic (exact) mass is 323 g/mol. The first-order valence-electron chi connectivity index (χ1n) is 7.56. The first kappa shape index (κ1) is 16.7. The summed E-state index contributed by atoms with van der Waals surface area (Å²) in [6, 6.07) is 5.41. The van der Waals surface area contributed by atoms with Gasteiger partial charge in [0, 0.05) is 11.6 Å². The Hall–Kier alpha value is -1.69. The van der Waals surface area contributed by atoms with E-state index in [1.54, 1.807) is 12.1 Å². The number of carbonyl (C=O) groups is 2. The van der Waals surface area contributed by atoms with E-state index in [1.165, 1.54) is 0 Å². The second-order valence-electron chi connectivity index (χ2n) is 4.96. The molecule has 0 saturated carbocycles. The molecule has 120 valence electrons. The fraction of sp³-hybridized carbons (Fsp3) is 0.500. The Balaban J connectivity index is 2.13. The van der Waals surface area contributed by atoms with Crippen molar-refractivity contribution in [2.24, 2.45) is 0 Å². The Morgan fingerprint density at radius 3 is 2.64 bits per heavy atom. The van der Waals surface area contributed by atoms with Gasteiger partial charge in [-0.05, 0) is 37.2 Å². The number of hydrogen-bond donors (Lipinski definition) is 1. The van der Waals surface area contributed by atoms with Crippen LogP contribution in [0.25, 0.3) is 0 Å². The second-order valence-corrected chi connectivity index (χ2v) is 6.04. The molecule has 1 atom stereocenters. The summed E-state index contributed by atoms with van der Waals surface area (Å²) in [6.07, 6.45) is 3.30. The minimum atomic E-state index is -0.553. The highest BCUT2D eigenvalue weighted by atomic mass is 32.2. The van der Waals surface area contributed by atoms with Gasteiger partial charge in [0.1, 0.15) is 16.7 Å². The zero-order valence-electron chi connectivity index (χ0n) is 12.9. The number of carbonyl (C=O) groups excluding carboxylic acids is 2. The van der Waals surface area contributed by atoms with Gasteiger partial charge in [0.25, 0.3) is 5.24 Å². The molecule has 22 heavy (non-hydrogen) atoms. The standard InChI is InChI=1S/C16H21NO4S/c1-3-5-6-9-21-11-7-8-12(13(10-11)20-4-2)14-15(18)17-16(19)22-14/h7-8,10,14H,3-6,9H2,1-2H3,(H,17,18,19). The van der Waals surface area contributed by atoms with E-state index in [0.29, 0.717) is 24.5 Å². The lowest BCUT2D eigenvalue weighted by molar-refractivity contribution is -0.119. The molecule has 1 N–H and O–H groups in total. The SMILES string of the molecule is CCCCCOc1ccc(C2SC(=O)NC2=O)c(OCC)c1. The van der Waals surface area contributed by atoms with Gasteiger partial charge in [0.05, 0.1) is 13.2 Å². The molecule has 2 rings (SSSR count). The number of benzene rings is 1. The van der Waals surface area contributed by atoms with Gasteiger partial charge in [-0.3, -0.25) is 14.9 Å². The van der Waals surface area contributed by atoms with Crippen LogP contribution in [0.3, 0.4) is 0 Å². The second kappa shape index (κ2) is 8.08. The van der Waals surface area contributed by atoms with Crippen LogP contribution in [0, 0.1) is 0 Å². The first-order valence-corrected chi connectivity index (χ1v) is 8.44. The van der Waals surface area contributed by atoms with Gasteiger partial charge >= 0.3 is 0 Å². The van der Waals surface area contributed by atoms with E-state index in [9.17, 15) is 9.59 Å². The quantitative estimate of drug-likeness (QED) is 0.739. The van der Waals surface area contributed by atoms with Crippen molar-refractivity contribution in [2.45, 2.75) is 38.4 Å². The van der Waals surface area contributed by atoms with Crippen LogP contribution < -0.4 is 14.8 Å². The van der Waals surface area contributed by atoms with Crippen molar-refractivity contribution in [2.75, 3.05) is 13.2 Å². The molecule has 2 amide bonds. The van der Waals surface area contributed by atoms with Crippen LogP contribution in [-0.4, -0.2) is 24.4 Å². The van der Waals surface area contributed by atoms with Crippen molar-refractivity contribution in [3.63, 3.8) is 0 Å². The summed E-state index contributed by atoms with van der Waals surface area (Å²) in [6.45, 7) is 5.17. The molecule has 1 unspecified atom stereocenters. The Labute approximate surface area is 134 Å². The van der Waals surface area contributed by atoms with Gasteiger partial charge in [0.2, 0.25) is 5.91 Å². The highest BCUT2D eigenvalue weighted by Gasteiger charge is 2.35. The minimum Gasteiger partial charge on any atom is -0.493 e. The van der Waals surface area contributed by atoms with E-state index in [-0.39, 0.29) is 11.1 Å². The van der Waals surface area contributed by atoms with Gasteiger partial charge in [-0.15, -0.1) is 0 Å². The van der Waals surface area contributed by atoms with Crippen molar-refractivity contribution >= 4 is 22.9 Å². The summed E-state index contributed by atoms with van der Waals surface area (Å²) in [7, 11) is 0. The van der Waals surface area contributed by atoms with Gasteiger partial charge in [-0.2, -0.15) is 0 Å². The van der Waals surface area contributed by atoms with Crippen molar-refractivity contribution in [3.05, 3.63) is 23.8 Å². The van der Waals surface area contributed by atoms with E-state index in [1.807, 2.05) is 13.0 Å². The Kier molecular flexibility index (Phi) is 6.12. The van der Waals surface area contributed by atoms with Gasteiger partial charge in [-0.1, -0.05) is 19.8 Å². The van der Waals surface area contributed by atoms with Crippen LogP contribution >= 0.6 is 11.8 Å². The first-order chi connectivity index (χ1) is 10.7. The summed E-state index contributed by atoms with van der Waals surface area (Å²) in [5.41, 5.74) is 0.705. The number of imide groups is 1. The zero-order valence-corrected chi connectivity index (χ0v) is 13.7. The van der Waals surface area contributed by atoms with E-state index < -0.39 is 5.25 Å². The van der Waals surface area contributed by atoms with Gasteiger partial charge < -0.3 is 9.47 Å². The number of unbranched alkanes of at least 4 members (excludes halogenated alkanes) is 2. The lowest BCUT2D eigenvalue weighted by Crippen LogP contribution is -2.20. The maximum atomic E-state index is 11.8. The van der Waals surface area contributed by atoms with E-state index in [4.69, 9.17) is 9.47 Å². The highest BCUT2D eigenvalue weighted by Crippen LogP contribution is 2.40. The average molecular weight is 323 g/mol. The number of hydrogen-bond acceptors (Lipinski definition) is 5. The van der Waals surface area contributed by atoms with E-state index in [2.05, 4.69) is 12.2 Å². The normalized spacial score (nSPS) is 17.5. The fourth-order valence-corrected chi connectivity index (χ4v) is 3.07. The summed E-state index contributed by atoms with van der Waals surface area (Å²) >= 11 is 0.977. The average Bonchev–Trinajstić information content (AvgIpc) is 2.83. The molecule has 0 radical (unpaired) electrons. The maximum absolute atomic E-state index is 11.8. The van der Waals surface area contributed by atoms with Gasteiger partial charge in [0.15, 0.2) is 0 Å². The van der Waals surface area contributed by atoms with Crippen LogP contribution in [0.4, 0.5) is 4.79 Å². The van der Waals surface area contributed by atoms with Gasteiger partial charge in [-0.25, -0.2) is 0 Å². The van der Waals surface area contributed by atoms with E-state index >= 15 is 0 Å². The summed E-state index contributed by atoms with van der Waals surface area (Å²) in [5, 5.41) is 1.42. The van der Waals surface area contributed by atoms with Crippen molar-refractivity contribution in [1.29, 1.82) is 0 Å².